The van der Waals surface area contributed by atoms with E-state index in [0.717, 1.165) is 17.7 Å². The second-order valence-electron chi connectivity index (χ2n) is 6.05. The first-order chi connectivity index (χ1) is 12.1. The number of rotatable bonds is 5. The fraction of sp³-hybridized carbons (Fsp3) is 0.389. The molecule has 132 valence electrons. The monoisotopic (exact) mass is 359 g/mol. The highest BCUT2D eigenvalue weighted by Crippen LogP contribution is 2.19. The lowest BCUT2D eigenvalue weighted by Gasteiger charge is -2.32. The molecule has 2 amide bonds. The van der Waals surface area contributed by atoms with Gasteiger partial charge >= 0.3 is 0 Å². The number of likely N-dealkylation sites (tertiary alicyclic amines) is 1. The number of carbonyl (C=O) groups is 2. The molecule has 0 spiro atoms. The molecule has 0 atom stereocenters. The van der Waals surface area contributed by atoms with E-state index in [4.69, 9.17) is 4.52 Å². The third kappa shape index (κ3) is 4.85. The lowest BCUT2D eigenvalue weighted by molar-refractivity contribution is -0.129. The highest BCUT2D eigenvalue weighted by molar-refractivity contribution is 8.00. The second-order valence-corrected chi connectivity index (χ2v) is 7.10. The van der Waals surface area contributed by atoms with Crippen LogP contribution in [0.4, 0.5) is 0 Å². The van der Waals surface area contributed by atoms with Crippen molar-refractivity contribution in [3.63, 3.8) is 0 Å². The van der Waals surface area contributed by atoms with E-state index in [2.05, 4.69) is 10.5 Å². The van der Waals surface area contributed by atoms with Crippen molar-refractivity contribution >= 4 is 23.6 Å². The number of aromatic nitrogens is 1. The van der Waals surface area contributed by atoms with E-state index in [9.17, 15) is 9.59 Å². The standard InChI is InChI=1S/C18H21N3O3S/c1-13-11-16(20-24-13)18(23)19-14-7-9-21(10-8-14)17(22)12-25-15-5-3-2-4-6-15/h2-6,11,14H,7-10,12H2,1H3,(H,19,23). The van der Waals surface area contributed by atoms with Crippen LogP contribution in [0.3, 0.4) is 0 Å². The summed E-state index contributed by atoms with van der Waals surface area (Å²) >= 11 is 1.55. The number of carbonyl (C=O) groups excluding carboxylic acids is 2. The molecule has 0 radical (unpaired) electrons. The summed E-state index contributed by atoms with van der Waals surface area (Å²) in [7, 11) is 0. The minimum absolute atomic E-state index is 0.0651. The highest BCUT2D eigenvalue weighted by Gasteiger charge is 2.24. The van der Waals surface area contributed by atoms with Gasteiger partial charge in [0.1, 0.15) is 5.76 Å². The summed E-state index contributed by atoms with van der Waals surface area (Å²) in [6, 6.07) is 11.6. The Bertz CT molecular complexity index is 724. The number of amides is 2. The van der Waals surface area contributed by atoms with Gasteiger partial charge in [0, 0.05) is 30.1 Å². The van der Waals surface area contributed by atoms with Crippen LogP contribution in [-0.2, 0) is 4.79 Å². The zero-order valence-corrected chi connectivity index (χ0v) is 14.9. The minimum atomic E-state index is -0.221. The Morgan fingerprint density at radius 1 is 1.28 bits per heavy atom. The van der Waals surface area contributed by atoms with E-state index in [0.29, 0.717) is 30.3 Å². The molecule has 7 heteroatoms. The van der Waals surface area contributed by atoms with E-state index < -0.39 is 0 Å². The first-order valence-corrected chi connectivity index (χ1v) is 9.30. The first-order valence-electron chi connectivity index (χ1n) is 8.31. The van der Waals surface area contributed by atoms with Crippen LogP contribution in [0, 0.1) is 6.92 Å². The molecule has 6 nitrogen and oxygen atoms in total. The number of nitrogens with one attached hydrogen (secondary N) is 1. The fourth-order valence-electron chi connectivity index (χ4n) is 2.76. The number of nitrogens with zero attached hydrogens (tertiary/aromatic N) is 2. The molecule has 1 fully saturated rings. The molecule has 0 saturated carbocycles. The van der Waals surface area contributed by atoms with Gasteiger partial charge in [0.2, 0.25) is 5.91 Å². The Kier molecular flexibility index (Phi) is 5.75. The molecule has 0 aliphatic carbocycles. The highest BCUT2D eigenvalue weighted by atomic mass is 32.2. The Morgan fingerprint density at radius 2 is 2.00 bits per heavy atom. The normalized spacial score (nSPS) is 15.2. The molecule has 1 saturated heterocycles. The molecule has 1 aliphatic rings. The lowest BCUT2D eigenvalue weighted by Crippen LogP contribution is -2.47. The smallest absolute Gasteiger partial charge is 0.273 e. The number of benzene rings is 1. The summed E-state index contributed by atoms with van der Waals surface area (Å²) in [4.78, 5) is 27.4. The second kappa shape index (κ2) is 8.20. The van der Waals surface area contributed by atoms with Crippen LogP contribution in [0.1, 0.15) is 29.1 Å². The Hall–Kier alpha value is -2.28. The van der Waals surface area contributed by atoms with Crippen molar-refractivity contribution in [1.29, 1.82) is 0 Å². The zero-order chi connectivity index (χ0) is 17.6. The van der Waals surface area contributed by atoms with Crippen molar-refractivity contribution in [3.05, 3.63) is 47.9 Å². The minimum Gasteiger partial charge on any atom is -0.361 e. The molecule has 0 bridgehead atoms. The molecule has 1 aromatic carbocycles. The summed E-state index contributed by atoms with van der Waals surface area (Å²) in [5.74, 6) is 0.979. The van der Waals surface area contributed by atoms with Gasteiger partial charge in [-0.25, -0.2) is 0 Å². The molecule has 2 heterocycles. The van der Waals surface area contributed by atoms with Gasteiger partial charge in [-0.2, -0.15) is 0 Å². The molecular weight excluding hydrogens is 338 g/mol. The molecular formula is C18H21N3O3S. The molecule has 0 unspecified atom stereocenters. The van der Waals surface area contributed by atoms with Crippen LogP contribution in [-0.4, -0.2) is 46.8 Å². The number of piperidine rings is 1. The van der Waals surface area contributed by atoms with Crippen LogP contribution in [0.5, 0.6) is 0 Å². The maximum Gasteiger partial charge on any atom is 0.273 e. The van der Waals surface area contributed by atoms with E-state index in [1.165, 1.54) is 0 Å². The average Bonchev–Trinajstić information content (AvgIpc) is 3.08. The predicted molar refractivity (Wildman–Crippen MR) is 95.5 cm³/mol. The van der Waals surface area contributed by atoms with Crippen LogP contribution < -0.4 is 5.32 Å². The van der Waals surface area contributed by atoms with E-state index in [-0.39, 0.29) is 17.9 Å². The summed E-state index contributed by atoms with van der Waals surface area (Å²) in [6.45, 7) is 3.08. The zero-order valence-electron chi connectivity index (χ0n) is 14.1. The summed E-state index contributed by atoms with van der Waals surface area (Å²) in [5, 5.41) is 6.68. The van der Waals surface area contributed by atoms with Crippen molar-refractivity contribution in [2.45, 2.75) is 30.7 Å². The quantitative estimate of drug-likeness (QED) is 0.830. The van der Waals surface area contributed by atoms with Crippen molar-refractivity contribution in [2.75, 3.05) is 18.8 Å². The van der Waals surface area contributed by atoms with E-state index >= 15 is 0 Å². The number of hydrogen-bond donors (Lipinski definition) is 1. The Labute approximate surface area is 150 Å². The van der Waals surface area contributed by atoms with Gasteiger partial charge in [-0.15, -0.1) is 11.8 Å². The number of thioether (sulfide) groups is 1. The Morgan fingerprint density at radius 3 is 2.64 bits per heavy atom. The lowest BCUT2D eigenvalue weighted by atomic mass is 10.0. The molecule has 1 N–H and O–H groups in total. The van der Waals surface area contributed by atoms with Crippen LogP contribution in [0.2, 0.25) is 0 Å². The van der Waals surface area contributed by atoms with Gasteiger partial charge in [-0.1, -0.05) is 23.4 Å². The maximum absolute atomic E-state index is 12.3. The van der Waals surface area contributed by atoms with Gasteiger partial charge in [0.15, 0.2) is 5.69 Å². The van der Waals surface area contributed by atoms with Gasteiger partial charge in [-0.05, 0) is 31.9 Å². The average molecular weight is 359 g/mol. The Balaban J connectivity index is 1.42. The summed E-state index contributed by atoms with van der Waals surface area (Å²) in [6.07, 6.45) is 1.51. The van der Waals surface area contributed by atoms with Gasteiger partial charge in [0.25, 0.3) is 5.91 Å². The van der Waals surface area contributed by atoms with Crippen LogP contribution >= 0.6 is 11.8 Å². The van der Waals surface area contributed by atoms with Crippen LogP contribution in [0.15, 0.2) is 45.8 Å². The molecule has 1 aliphatic heterocycles. The molecule has 2 aromatic rings. The van der Waals surface area contributed by atoms with Gasteiger partial charge in [-0.3, -0.25) is 9.59 Å². The molecule has 1 aromatic heterocycles. The largest absolute Gasteiger partial charge is 0.361 e. The fourth-order valence-corrected chi connectivity index (χ4v) is 3.58. The third-order valence-electron chi connectivity index (χ3n) is 4.15. The SMILES string of the molecule is Cc1cc(C(=O)NC2CCN(C(=O)CSc3ccccc3)CC2)no1. The van der Waals surface area contributed by atoms with Crippen LogP contribution in [0.25, 0.3) is 0 Å². The summed E-state index contributed by atoms with van der Waals surface area (Å²) in [5.41, 5.74) is 0.301. The molecule has 25 heavy (non-hydrogen) atoms. The predicted octanol–water partition coefficient (Wildman–Crippen LogP) is 2.50. The maximum atomic E-state index is 12.3. The topological polar surface area (TPSA) is 75.4 Å². The van der Waals surface area contributed by atoms with Gasteiger partial charge < -0.3 is 14.7 Å². The van der Waals surface area contributed by atoms with Crippen molar-refractivity contribution < 1.29 is 14.1 Å². The number of aryl methyl sites for hydroxylation is 1. The van der Waals surface area contributed by atoms with Crippen molar-refractivity contribution in [3.8, 4) is 0 Å². The van der Waals surface area contributed by atoms with E-state index in [1.807, 2.05) is 35.2 Å². The number of hydrogen-bond acceptors (Lipinski definition) is 5. The van der Waals surface area contributed by atoms with Gasteiger partial charge in [0.05, 0.1) is 5.75 Å². The first kappa shape index (κ1) is 17.5. The van der Waals surface area contributed by atoms with E-state index in [1.54, 1.807) is 24.8 Å². The summed E-state index contributed by atoms with van der Waals surface area (Å²) < 4.78 is 4.92. The third-order valence-corrected chi connectivity index (χ3v) is 5.15. The van der Waals surface area contributed by atoms with Crippen molar-refractivity contribution in [2.24, 2.45) is 0 Å². The molecule has 3 rings (SSSR count). The van der Waals surface area contributed by atoms with Crippen molar-refractivity contribution in [1.82, 2.24) is 15.4 Å².